The number of anilines is 2. The molecule has 0 saturated carbocycles. The zero-order valence-electron chi connectivity index (χ0n) is 14.6. The SMILES string of the molecule is COc1cc(Cl)c(C)cc1Nc1ncnc2scc(-c3ccc(F)cc3)c12. The Morgan fingerprint density at radius 1 is 1.15 bits per heavy atom. The van der Waals surface area contributed by atoms with Gasteiger partial charge in [0.1, 0.15) is 28.5 Å². The molecule has 7 heteroatoms. The monoisotopic (exact) mass is 399 g/mol. The number of aromatic nitrogens is 2. The maximum Gasteiger partial charge on any atom is 0.143 e. The highest BCUT2D eigenvalue weighted by molar-refractivity contribution is 7.17. The molecule has 2 aromatic carbocycles. The van der Waals surface area contributed by atoms with Crippen LogP contribution in [0.3, 0.4) is 0 Å². The largest absolute Gasteiger partial charge is 0.495 e. The quantitative estimate of drug-likeness (QED) is 0.443. The van der Waals surface area contributed by atoms with E-state index in [0.717, 1.165) is 32.6 Å². The average Bonchev–Trinajstić information content (AvgIpc) is 3.10. The Morgan fingerprint density at radius 2 is 1.93 bits per heavy atom. The maximum absolute atomic E-state index is 13.3. The zero-order chi connectivity index (χ0) is 19.0. The summed E-state index contributed by atoms with van der Waals surface area (Å²) in [6.45, 7) is 1.93. The Balaban J connectivity index is 1.85. The molecule has 0 aliphatic heterocycles. The van der Waals surface area contributed by atoms with Gasteiger partial charge >= 0.3 is 0 Å². The van der Waals surface area contributed by atoms with Crippen LogP contribution in [0.5, 0.6) is 5.75 Å². The summed E-state index contributed by atoms with van der Waals surface area (Å²) in [5, 5.41) is 6.85. The van der Waals surface area contributed by atoms with Crippen molar-refractivity contribution in [2.24, 2.45) is 0 Å². The van der Waals surface area contributed by atoms with Gasteiger partial charge in [0.25, 0.3) is 0 Å². The Hall–Kier alpha value is -2.70. The summed E-state index contributed by atoms with van der Waals surface area (Å²) < 4.78 is 18.7. The van der Waals surface area contributed by atoms with E-state index in [9.17, 15) is 4.39 Å². The number of nitrogens with one attached hydrogen (secondary N) is 1. The summed E-state index contributed by atoms with van der Waals surface area (Å²) in [7, 11) is 1.59. The number of ether oxygens (including phenoxy) is 1. The van der Waals surface area contributed by atoms with Crippen LogP contribution in [-0.4, -0.2) is 17.1 Å². The standard InChI is InChI=1S/C20H15ClFN3OS/c1-11-7-16(17(26-2)8-15(11)21)25-19-18-14(9-27-20(18)24-10-23-19)12-3-5-13(22)6-4-12/h3-10H,1-2H3,(H,23,24,25). The van der Waals surface area contributed by atoms with Gasteiger partial charge in [-0.15, -0.1) is 11.3 Å². The van der Waals surface area contributed by atoms with Crippen molar-refractivity contribution in [2.45, 2.75) is 6.92 Å². The van der Waals surface area contributed by atoms with Crippen LogP contribution >= 0.6 is 22.9 Å². The van der Waals surface area contributed by atoms with E-state index >= 15 is 0 Å². The summed E-state index contributed by atoms with van der Waals surface area (Å²) >= 11 is 7.72. The molecule has 0 aliphatic rings. The summed E-state index contributed by atoms with van der Waals surface area (Å²) in [4.78, 5) is 9.63. The number of rotatable bonds is 4. The summed E-state index contributed by atoms with van der Waals surface area (Å²) in [6.07, 6.45) is 1.52. The smallest absolute Gasteiger partial charge is 0.143 e. The molecule has 0 bridgehead atoms. The Labute approximate surface area is 164 Å². The van der Waals surface area contributed by atoms with Gasteiger partial charge in [-0.05, 0) is 36.2 Å². The lowest BCUT2D eigenvalue weighted by Crippen LogP contribution is -1.99. The second kappa shape index (κ2) is 7.13. The molecule has 27 heavy (non-hydrogen) atoms. The van der Waals surface area contributed by atoms with Crippen molar-refractivity contribution in [1.29, 1.82) is 0 Å². The minimum absolute atomic E-state index is 0.269. The third-order valence-electron chi connectivity index (χ3n) is 4.26. The van der Waals surface area contributed by atoms with Gasteiger partial charge in [0, 0.05) is 22.0 Å². The van der Waals surface area contributed by atoms with Crippen LogP contribution in [0.2, 0.25) is 5.02 Å². The predicted molar refractivity (Wildman–Crippen MR) is 109 cm³/mol. The van der Waals surface area contributed by atoms with Crippen LogP contribution < -0.4 is 10.1 Å². The molecule has 2 heterocycles. The molecule has 1 N–H and O–H groups in total. The normalized spacial score (nSPS) is 11.0. The number of benzene rings is 2. The van der Waals surface area contributed by atoms with Gasteiger partial charge in [0.2, 0.25) is 0 Å². The number of methoxy groups -OCH3 is 1. The molecule has 0 atom stereocenters. The van der Waals surface area contributed by atoms with Crippen molar-refractivity contribution in [3.05, 3.63) is 64.5 Å². The summed E-state index contributed by atoms with van der Waals surface area (Å²) in [6, 6.07) is 10.1. The maximum atomic E-state index is 13.3. The third-order valence-corrected chi connectivity index (χ3v) is 5.55. The Morgan fingerprint density at radius 3 is 2.67 bits per heavy atom. The molecule has 0 spiro atoms. The first-order valence-electron chi connectivity index (χ1n) is 8.16. The first-order chi connectivity index (χ1) is 13.1. The van der Waals surface area contributed by atoms with E-state index in [1.165, 1.54) is 29.8 Å². The number of halogens is 2. The number of hydrogen-bond donors (Lipinski definition) is 1. The number of nitrogens with zero attached hydrogens (tertiary/aromatic N) is 2. The minimum atomic E-state index is -0.269. The molecule has 0 aliphatic carbocycles. The fourth-order valence-electron chi connectivity index (χ4n) is 2.87. The number of thiophene rings is 1. The lowest BCUT2D eigenvalue weighted by Gasteiger charge is -2.14. The van der Waals surface area contributed by atoms with E-state index in [-0.39, 0.29) is 5.82 Å². The molecule has 2 aromatic heterocycles. The van der Waals surface area contributed by atoms with Crippen LogP contribution in [0.25, 0.3) is 21.3 Å². The summed E-state index contributed by atoms with van der Waals surface area (Å²) in [5.41, 5.74) is 3.53. The highest BCUT2D eigenvalue weighted by atomic mass is 35.5. The molecule has 0 radical (unpaired) electrons. The van der Waals surface area contributed by atoms with Gasteiger partial charge in [0.15, 0.2) is 0 Å². The van der Waals surface area contributed by atoms with E-state index in [1.807, 2.05) is 18.4 Å². The fourth-order valence-corrected chi connectivity index (χ4v) is 3.94. The third kappa shape index (κ3) is 3.34. The fraction of sp³-hybridized carbons (Fsp3) is 0.100. The van der Waals surface area contributed by atoms with Gasteiger partial charge in [-0.1, -0.05) is 23.7 Å². The van der Waals surface area contributed by atoms with Gasteiger partial charge in [-0.2, -0.15) is 0 Å². The minimum Gasteiger partial charge on any atom is -0.495 e. The first kappa shape index (κ1) is 17.7. The van der Waals surface area contributed by atoms with Crippen molar-refractivity contribution < 1.29 is 9.13 Å². The number of aryl methyl sites for hydroxylation is 1. The molecular weight excluding hydrogens is 385 g/mol. The van der Waals surface area contributed by atoms with Crippen molar-refractivity contribution in [3.8, 4) is 16.9 Å². The Bertz CT molecular complexity index is 1130. The lowest BCUT2D eigenvalue weighted by molar-refractivity contribution is 0.416. The lowest BCUT2D eigenvalue weighted by atomic mass is 10.1. The van der Waals surface area contributed by atoms with Gasteiger partial charge in [-0.3, -0.25) is 0 Å². The second-order valence-corrected chi connectivity index (χ2v) is 7.25. The van der Waals surface area contributed by atoms with E-state index in [4.69, 9.17) is 16.3 Å². The van der Waals surface area contributed by atoms with Crippen LogP contribution in [0.4, 0.5) is 15.9 Å². The molecule has 4 rings (SSSR count). The average molecular weight is 400 g/mol. The van der Waals surface area contributed by atoms with Crippen LogP contribution in [0.1, 0.15) is 5.56 Å². The van der Waals surface area contributed by atoms with Crippen LogP contribution in [0.15, 0.2) is 48.1 Å². The second-order valence-electron chi connectivity index (χ2n) is 5.99. The predicted octanol–water partition coefficient (Wildman–Crippen LogP) is 6.21. The Kier molecular flexibility index (Phi) is 4.68. The van der Waals surface area contributed by atoms with E-state index < -0.39 is 0 Å². The van der Waals surface area contributed by atoms with Crippen LogP contribution in [0, 0.1) is 12.7 Å². The van der Waals surface area contributed by atoms with Crippen LogP contribution in [-0.2, 0) is 0 Å². The molecule has 136 valence electrons. The molecule has 4 aromatic rings. The van der Waals surface area contributed by atoms with Crippen molar-refractivity contribution >= 4 is 44.7 Å². The topological polar surface area (TPSA) is 47.0 Å². The van der Waals surface area contributed by atoms with Gasteiger partial charge in [0.05, 0.1) is 18.2 Å². The first-order valence-corrected chi connectivity index (χ1v) is 9.42. The molecule has 0 amide bonds. The highest BCUT2D eigenvalue weighted by Gasteiger charge is 2.15. The summed E-state index contributed by atoms with van der Waals surface area (Å²) in [5.74, 6) is 1.01. The van der Waals surface area contributed by atoms with Gasteiger partial charge < -0.3 is 10.1 Å². The molecule has 4 nitrogen and oxygen atoms in total. The molecule has 0 unspecified atom stereocenters. The molecule has 0 saturated heterocycles. The van der Waals surface area contributed by atoms with E-state index in [0.29, 0.717) is 16.6 Å². The molecular formula is C20H15ClFN3OS. The highest BCUT2D eigenvalue weighted by Crippen LogP contribution is 2.39. The number of fused-ring (bicyclic) bond motifs is 1. The van der Waals surface area contributed by atoms with Crippen molar-refractivity contribution in [3.63, 3.8) is 0 Å². The molecule has 0 fully saturated rings. The number of hydrogen-bond acceptors (Lipinski definition) is 5. The van der Waals surface area contributed by atoms with Gasteiger partial charge in [-0.25, -0.2) is 14.4 Å². The van der Waals surface area contributed by atoms with Crippen molar-refractivity contribution in [1.82, 2.24) is 9.97 Å². The van der Waals surface area contributed by atoms with Crippen molar-refractivity contribution in [2.75, 3.05) is 12.4 Å². The zero-order valence-corrected chi connectivity index (χ0v) is 16.2. The van der Waals surface area contributed by atoms with E-state index in [2.05, 4.69) is 15.3 Å². The van der Waals surface area contributed by atoms with E-state index in [1.54, 1.807) is 25.3 Å².